The maximum Gasteiger partial charge on any atom is -0.147 e. The largest absolute Gasteiger partial charge is 0.147 e. The van der Waals surface area contributed by atoms with Crippen molar-refractivity contribution in [2.75, 3.05) is 0 Å². The molecule has 6 aliphatic carbocycles. The van der Waals surface area contributed by atoms with E-state index in [2.05, 4.69) is 116 Å². The Balaban J connectivity index is 0.00000264. The summed E-state index contributed by atoms with van der Waals surface area (Å²) in [4.78, 5) is 0. The normalized spacial score (nSPS) is 22.4. The molecule has 0 saturated heterocycles. The molecule has 4 fully saturated rings. The average molecular weight is 963 g/mol. The van der Waals surface area contributed by atoms with Crippen molar-refractivity contribution in [1.82, 2.24) is 0 Å². The molecule has 4 saturated carbocycles. The molecule has 4 heteroatoms. The van der Waals surface area contributed by atoms with Gasteiger partial charge in [0.2, 0.25) is 0 Å². The zero-order valence-corrected chi connectivity index (χ0v) is 43.8. The maximum atomic E-state index is 3.01. The van der Waals surface area contributed by atoms with Gasteiger partial charge in [-0.1, -0.05) is 0 Å². The predicted molar refractivity (Wildman–Crippen MR) is 274 cm³/mol. The fourth-order valence-corrected chi connectivity index (χ4v) is 40.6. The van der Waals surface area contributed by atoms with Crippen LogP contribution in [0.2, 0.25) is 8.76 Å². The van der Waals surface area contributed by atoms with Crippen molar-refractivity contribution in [3.63, 3.8) is 0 Å². The number of fused-ring (bicyclic) bond motifs is 2. The van der Waals surface area contributed by atoms with Gasteiger partial charge in [0.05, 0.1) is 0 Å². The first-order chi connectivity index (χ1) is 29.4. The maximum absolute atomic E-state index is 3.93. The van der Waals surface area contributed by atoms with Crippen molar-refractivity contribution >= 4 is 43.8 Å². The van der Waals surface area contributed by atoms with E-state index in [1.54, 1.807) is 33.4 Å². The van der Waals surface area contributed by atoms with Gasteiger partial charge in [-0.3, -0.25) is 0 Å². The van der Waals surface area contributed by atoms with E-state index in [1.807, 2.05) is 11.1 Å². The SMILES string of the molecule is CC[CH2][Zr]([CH3])(=[SiH2])([CH]1C(CC2CCCC2)=Cc2c(-c3ccc(C4CCCCC4)cc3)cccc21)[CH]1C(CC2CCCC2)=Cc2c(-c3ccc(C4CCCCC4)cc3)cccc21.Cl.Cl. The van der Waals surface area contributed by atoms with Gasteiger partial charge in [0, 0.05) is 0 Å². The summed E-state index contributed by atoms with van der Waals surface area (Å²) < 4.78 is 5.63. The summed E-state index contributed by atoms with van der Waals surface area (Å²) in [5.74, 6) is 3.21. The minimum atomic E-state index is -3.93. The van der Waals surface area contributed by atoms with Crippen LogP contribution in [0.5, 0.6) is 0 Å². The Morgan fingerprint density at radius 3 is 1.23 bits per heavy atom. The Morgan fingerprint density at radius 2 is 0.855 bits per heavy atom. The molecule has 0 N–H and O–H groups in total. The molecule has 0 amide bonds. The Labute approximate surface area is 391 Å². The van der Waals surface area contributed by atoms with E-state index in [0.29, 0.717) is 7.25 Å². The molecular weight excluding hydrogens is 887 g/mol. The van der Waals surface area contributed by atoms with Crippen LogP contribution in [-0.4, -0.2) is 6.88 Å². The molecule has 2 atom stereocenters. The van der Waals surface area contributed by atoms with Crippen LogP contribution < -0.4 is 0 Å². The van der Waals surface area contributed by atoms with Gasteiger partial charge in [-0.2, -0.15) is 0 Å². The van der Waals surface area contributed by atoms with Crippen molar-refractivity contribution in [3.8, 4) is 22.3 Å². The number of halogens is 2. The van der Waals surface area contributed by atoms with E-state index >= 15 is 0 Å². The number of hydrogen-bond donors (Lipinski definition) is 0. The summed E-state index contributed by atoms with van der Waals surface area (Å²) in [5, 5.41) is 0. The minimum Gasteiger partial charge on any atom is -0.147 e. The molecule has 62 heavy (non-hydrogen) atoms. The fourth-order valence-electron chi connectivity index (χ4n) is 14.8. The van der Waals surface area contributed by atoms with E-state index in [1.165, 1.54) is 161 Å². The standard InChI is InChI=1S/2C27H31.C3H7.CH3.2ClH.H2Si.Zr/c2*1-2-9-22(10-3-1)23-13-15-24(16-14-23)26-12-6-11-25-18-21(19-27(25)26)17-20-7-4-5-8-20;1-3-2;;;;;/h2*6,11-16,18-20,22H,1-5,7-10,17H2;1,3H2,2H3;1H3;2*1H;1H2;. The van der Waals surface area contributed by atoms with Crippen LogP contribution in [0.15, 0.2) is 96.1 Å². The van der Waals surface area contributed by atoms with Crippen molar-refractivity contribution in [2.24, 2.45) is 11.8 Å². The smallest absolute Gasteiger partial charge is 0.147 e. The topological polar surface area (TPSA) is 0 Å². The molecule has 0 aromatic heterocycles. The first kappa shape index (κ1) is 46.6. The van der Waals surface area contributed by atoms with Gasteiger partial charge in [-0.05, 0) is 0 Å². The molecular formula is C58H76Cl2SiZr. The van der Waals surface area contributed by atoms with Crippen LogP contribution in [0.1, 0.15) is 194 Å². The summed E-state index contributed by atoms with van der Waals surface area (Å²) in [6.07, 6.45) is 34.8. The second-order valence-electron chi connectivity index (χ2n) is 21.8. The van der Waals surface area contributed by atoms with Gasteiger partial charge < -0.3 is 0 Å². The van der Waals surface area contributed by atoms with Crippen LogP contribution in [-0.2, 0) is 17.4 Å². The van der Waals surface area contributed by atoms with Crippen molar-refractivity contribution in [1.29, 1.82) is 0 Å². The molecule has 0 spiro atoms. The molecule has 10 rings (SSSR count). The van der Waals surface area contributed by atoms with E-state index in [0.717, 1.165) is 23.7 Å². The third-order valence-corrected chi connectivity index (χ3v) is 41.1. The van der Waals surface area contributed by atoms with Gasteiger partial charge >= 0.3 is 370 Å². The molecule has 4 aromatic rings. The van der Waals surface area contributed by atoms with Crippen molar-refractivity contribution in [3.05, 3.63) is 129 Å². The molecule has 0 bridgehead atoms. The van der Waals surface area contributed by atoms with Gasteiger partial charge in [0.15, 0.2) is 0 Å². The third-order valence-electron chi connectivity index (χ3n) is 17.6. The van der Waals surface area contributed by atoms with Crippen molar-refractivity contribution < 1.29 is 17.4 Å². The zero-order chi connectivity index (χ0) is 40.7. The number of rotatable bonds is 12. The van der Waals surface area contributed by atoms with Gasteiger partial charge in [0.25, 0.3) is 0 Å². The molecule has 4 aromatic carbocycles. The van der Waals surface area contributed by atoms with Gasteiger partial charge in [0.1, 0.15) is 0 Å². The molecule has 2 unspecified atom stereocenters. The predicted octanol–water partition coefficient (Wildman–Crippen LogP) is 17.8. The molecule has 0 aliphatic heterocycles. The van der Waals surface area contributed by atoms with Gasteiger partial charge in [-0.25, -0.2) is 0 Å². The monoisotopic (exact) mass is 960 g/mol. The molecule has 6 aliphatic rings. The summed E-state index contributed by atoms with van der Waals surface area (Å²) in [6.45, 7) is 5.20. The van der Waals surface area contributed by atoms with E-state index in [-0.39, 0.29) is 24.8 Å². The molecule has 0 nitrogen and oxygen atoms in total. The first-order valence-electron chi connectivity index (χ1n) is 25.3. The zero-order valence-electron chi connectivity index (χ0n) is 38.3. The molecule has 330 valence electrons. The van der Waals surface area contributed by atoms with E-state index in [9.17, 15) is 0 Å². The Bertz CT molecular complexity index is 2140. The summed E-state index contributed by atoms with van der Waals surface area (Å²) in [5.41, 5.74) is 19.2. The first-order valence-corrected chi connectivity index (χ1v) is 38.3. The minimum absolute atomic E-state index is 0. The number of benzene rings is 4. The van der Waals surface area contributed by atoms with Crippen molar-refractivity contribution in [2.45, 2.75) is 170 Å². The second-order valence-corrected chi connectivity index (χ2v) is 50.2. The van der Waals surface area contributed by atoms with Crippen LogP contribution in [0.4, 0.5) is 0 Å². The Morgan fingerprint density at radius 1 is 0.484 bits per heavy atom. The van der Waals surface area contributed by atoms with Crippen LogP contribution in [0, 0.1) is 11.8 Å². The quantitative estimate of drug-likeness (QED) is 0.124. The summed E-state index contributed by atoms with van der Waals surface area (Å²) >= 11 is -3.93. The summed E-state index contributed by atoms with van der Waals surface area (Å²) in [6, 6.07) is 35.1. The number of allylic oxidation sites excluding steroid dienone is 2. The van der Waals surface area contributed by atoms with Crippen LogP contribution in [0.3, 0.4) is 0 Å². The average Bonchev–Trinajstić information content (AvgIpc) is 4.12. The molecule has 0 heterocycles. The molecule has 0 radical (unpaired) electrons. The fraction of sp³-hybridized carbons (Fsp3) is 0.517. The third kappa shape index (κ3) is 8.98. The summed E-state index contributed by atoms with van der Waals surface area (Å²) in [7, 11) is 0. The Hall–Kier alpha value is -1.96. The number of hydrogen-bond acceptors (Lipinski definition) is 0. The Kier molecular flexibility index (Phi) is 14.9. The van der Waals surface area contributed by atoms with Gasteiger partial charge in [-0.15, -0.1) is 24.8 Å². The van der Waals surface area contributed by atoms with E-state index < -0.39 is 17.4 Å². The van der Waals surface area contributed by atoms with Crippen LogP contribution in [0.25, 0.3) is 34.4 Å². The second kappa shape index (κ2) is 19.9. The van der Waals surface area contributed by atoms with Crippen LogP contribution >= 0.6 is 24.8 Å². The van der Waals surface area contributed by atoms with E-state index in [4.69, 9.17) is 0 Å².